The van der Waals surface area contributed by atoms with Crippen LogP contribution in [0.2, 0.25) is 0 Å². The van der Waals surface area contributed by atoms with Crippen molar-refractivity contribution in [1.82, 2.24) is 4.90 Å². The molecule has 2 aromatic rings. The minimum atomic E-state index is -1.39. The summed E-state index contributed by atoms with van der Waals surface area (Å²) in [5.74, 6) is -1.90. The van der Waals surface area contributed by atoms with Crippen LogP contribution in [0, 0.1) is 5.92 Å². The monoisotopic (exact) mass is 284 g/mol. The van der Waals surface area contributed by atoms with E-state index in [-0.39, 0.29) is 6.42 Å². The SMILES string of the molecule is CN(C(=O)O)C(=O)C([C]=O)Cc1cccc2ccccc12. The van der Waals surface area contributed by atoms with Crippen LogP contribution in [-0.4, -0.2) is 35.3 Å². The molecule has 2 rings (SSSR count). The normalized spacial score (nSPS) is 11.9. The summed E-state index contributed by atoms with van der Waals surface area (Å²) in [6, 6.07) is 13.2. The average Bonchev–Trinajstić information content (AvgIpc) is 2.51. The van der Waals surface area contributed by atoms with Gasteiger partial charge in [-0.05, 0) is 22.8 Å². The molecule has 0 saturated carbocycles. The number of benzene rings is 2. The van der Waals surface area contributed by atoms with Crippen molar-refractivity contribution >= 4 is 29.1 Å². The fraction of sp³-hybridized carbons (Fsp3) is 0.188. The van der Waals surface area contributed by atoms with Crippen LogP contribution >= 0.6 is 0 Å². The molecule has 1 atom stereocenters. The summed E-state index contributed by atoms with van der Waals surface area (Å²) in [4.78, 5) is 34.3. The molecule has 2 amide bonds. The number of hydrogen-bond donors (Lipinski definition) is 1. The zero-order chi connectivity index (χ0) is 15.4. The maximum atomic E-state index is 11.9. The topological polar surface area (TPSA) is 74.7 Å². The Balaban J connectivity index is 2.31. The van der Waals surface area contributed by atoms with E-state index in [1.54, 1.807) is 6.29 Å². The minimum absolute atomic E-state index is 0.126. The zero-order valence-electron chi connectivity index (χ0n) is 11.4. The molecule has 5 heteroatoms. The summed E-state index contributed by atoms with van der Waals surface area (Å²) in [6.45, 7) is 0. The van der Waals surface area contributed by atoms with Crippen LogP contribution in [0.4, 0.5) is 4.79 Å². The molecule has 5 nitrogen and oxygen atoms in total. The molecule has 21 heavy (non-hydrogen) atoms. The van der Waals surface area contributed by atoms with Crippen molar-refractivity contribution < 1.29 is 19.5 Å². The summed E-state index contributed by atoms with van der Waals surface area (Å²) in [5.41, 5.74) is 0.814. The molecule has 0 bridgehead atoms. The molecule has 0 aliphatic carbocycles. The van der Waals surface area contributed by atoms with E-state index in [9.17, 15) is 14.4 Å². The van der Waals surface area contributed by atoms with E-state index in [4.69, 9.17) is 5.11 Å². The highest BCUT2D eigenvalue weighted by Gasteiger charge is 2.26. The lowest BCUT2D eigenvalue weighted by atomic mass is 9.95. The van der Waals surface area contributed by atoms with Crippen molar-refractivity contribution in [2.75, 3.05) is 7.05 Å². The van der Waals surface area contributed by atoms with Crippen LogP contribution in [0.1, 0.15) is 5.56 Å². The first-order valence-corrected chi connectivity index (χ1v) is 6.39. The predicted octanol–water partition coefficient (Wildman–Crippen LogP) is 2.24. The van der Waals surface area contributed by atoms with Gasteiger partial charge in [0.1, 0.15) is 5.92 Å². The number of nitrogens with zero attached hydrogens (tertiary/aromatic N) is 1. The summed E-state index contributed by atoms with van der Waals surface area (Å²) < 4.78 is 0. The highest BCUT2D eigenvalue weighted by molar-refractivity contribution is 6.00. The van der Waals surface area contributed by atoms with Crippen LogP contribution in [-0.2, 0) is 16.0 Å². The average molecular weight is 284 g/mol. The number of rotatable bonds is 4. The van der Waals surface area contributed by atoms with Crippen molar-refractivity contribution in [1.29, 1.82) is 0 Å². The van der Waals surface area contributed by atoms with Crippen LogP contribution < -0.4 is 0 Å². The molecule has 2 aromatic carbocycles. The summed E-state index contributed by atoms with van der Waals surface area (Å²) in [7, 11) is 1.12. The van der Waals surface area contributed by atoms with Gasteiger partial charge in [0.25, 0.3) is 0 Å². The van der Waals surface area contributed by atoms with Gasteiger partial charge in [0.05, 0.1) is 0 Å². The molecular weight excluding hydrogens is 270 g/mol. The van der Waals surface area contributed by atoms with E-state index in [0.717, 1.165) is 23.4 Å². The van der Waals surface area contributed by atoms with Gasteiger partial charge in [-0.1, -0.05) is 42.5 Å². The van der Waals surface area contributed by atoms with E-state index in [0.29, 0.717) is 4.90 Å². The molecule has 0 aromatic heterocycles. The standard InChI is InChI=1S/C16H14NO4/c1-17(16(20)21)15(19)13(10-18)9-12-7-4-6-11-5-2-3-8-14(11)12/h2-8,13H,9H2,1H3,(H,20,21). The molecule has 107 valence electrons. The minimum Gasteiger partial charge on any atom is -0.465 e. The largest absolute Gasteiger partial charge is 0.465 e. The van der Waals surface area contributed by atoms with Gasteiger partial charge in [-0.15, -0.1) is 0 Å². The van der Waals surface area contributed by atoms with Crippen molar-refractivity contribution in [2.45, 2.75) is 6.42 Å². The highest BCUT2D eigenvalue weighted by atomic mass is 16.4. The van der Waals surface area contributed by atoms with E-state index in [2.05, 4.69) is 0 Å². The van der Waals surface area contributed by atoms with Crippen LogP contribution in [0.25, 0.3) is 10.8 Å². The second-order valence-corrected chi connectivity index (χ2v) is 4.69. The van der Waals surface area contributed by atoms with Crippen LogP contribution in [0.3, 0.4) is 0 Å². The molecular formula is C16H14NO4. The number of fused-ring (bicyclic) bond motifs is 1. The lowest BCUT2D eigenvalue weighted by Crippen LogP contribution is -2.38. The second kappa shape index (κ2) is 6.17. The lowest BCUT2D eigenvalue weighted by Gasteiger charge is -2.16. The van der Waals surface area contributed by atoms with E-state index < -0.39 is 17.9 Å². The van der Waals surface area contributed by atoms with Gasteiger partial charge in [-0.25, -0.2) is 4.79 Å². The maximum Gasteiger partial charge on any atom is 0.413 e. The second-order valence-electron chi connectivity index (χ2n) is 4.69. The first kappa shape index (κ1) is 14.7. The molecule has 0 spiro atoms. The zero-order valence-corrected chi connectivity index (χ0v) is 11.4. The van der Waals surface area contributed by atoms with Gasteiger partial charge in [-0.3, -0.25) is 14.5 Å². The van der Waals surface area contributed by atoms with E-state index in [1.807, 2.05) is 42.5 Å². The Bertz CT molecular complexity index is 690. The predicted molar refractivity (Wildman–Crippen MR) is 77.6 cm³/mol. The molecule has 0 aliphatic heterocycles. The lowest BCUT2D eigenvalue weighted by molar-refractivity contribution is -0.130. The highest BCUT2D eigenvalue weighted by Crippen LogP contribution is 2.21. The third kappa shape index (κ3) is 3.08. The Morgan fingerprint density at radius 1 is 1.19 bits per heavy atom. The Kier molecular flexibility index (Phi) is 4.33. The van der Waals surface area contributed by atoms with Crippen LogP contribution in [0.15, 0.2) is 42.5 Å². The molecule has 1 unspecified atom stereocenters. The molecule has 1 radical (unpaired) electrons. The number of hydrogen-bond acceptors (Lipinski definition) is 3. The van der Waals surface area contributed by atoms with Gasteiger partial charge < -0.3 is 5.11 Å². The molecule has 0 fully saturated rings. The summed E-state index contributed by atoms with van der Waals surface area (Å²) >= 11 is 0. The maximum absolute atomic E-state index is 11.9. The smallest absolute Gasteiger partial charge is 0.413 e. The van der Waals surface area contributed by atoms with E-state index in [1.165, 1.54) is 0 Å². The Hall–Kier alpha value is -2.69. The van der Waals surface area contributed by atoms with Crippen molar-refractivity contribution in [2.24, 2.45) is 5.92 Å². The summed E-state index contributed by atoms with van der Waals surface area (Å²) in [5, 5.41) is 10.7. The fourth-order valence-corrected chi connectivity index (χ4v) is 2.20. The molecule has 0 saturated heterocycles. The number of imide groups is 1. The van der Waals surface area contributed by atoms with Gasteiger partial charge in [0, 0.05) is 7.05 Å². The first-order valence-electron chi connectivity index (χ1n) is 6.39. The first-order chi connectivity index (χ1) is 10.0. The quantitative estimate of drug-likeness (QED) is 0.874. The third-order valence-electron chi connectivity index (χ3n) is 3.36. The Morgan fingerprint density at radius 2 is 1.86 bits per heavy atom. The molecule has 1 N–H and O–H groups in total. The molecule has 0 heterocycles. The number of carbonyl (C=O) groups excluding carboxylic acids is 2. The number of amides is 2. The fourth-order valence-electron chi connectivity index (χ4n) is 2.20. The summed E-state index contributed by atoms with van der Waals surface area (Å²) in [6.07, 6.45) is 0.382. The third-order valence-corrected chi connectivity index (χ3v) is 3.36. The molecule has 0 aliphatic rings. The van der Waals surface area contributed by atoms with Gasteiger partial charge >= 0.3 is 6.09 Å². The van der Waals surface area contributed by atoms with E-state index >= 15 is 0 Å². The number of carbonyl (C=O) groups is 2. The van der Waals surface area contributed by atoms with Gasteiger partial charge in [0.15, 0.2) is 0 Å². The van der Waals surface area contributed by atoms with Gasteiger partial charge in [-0.2, -0.15) is 0 Å². The number of carboxylic acid groups (broad SMARTS) is 1. The Morgan fingerprint density at radius 3 is 2.52 bits per heavy atom. The van der Waals surface area contributed by atoms with Gasteiger partial charge in [0.2, 0.25) is 12.2 Å². The van der Waals surface area contributed by atoms with Crippen molar-refractivity contribution in [3.05, 3.63) is 48.0 Å². The van der Waals surface area contributed by atoms with Crippen molar-refractivity contribution in [3.63, 3.8) is 0 Å². The van der Waals surface area contributed by atoms with Crippen molar-refractivity contribution in [3.8, 4) is 0 Å². The van der Waals surface area contributed by atoms with Crippen LogP contribution in [0.5, 0.6) is 0 Å². The Labute approximate surface area is 121 Å².